The summed E-state index contributed by atoms with van der Waals surface area (Å²) in [6.45, 7) is 1.86. The molecule has 0 spiro atoms. The zero-order valence-electron chi connectivity index (χ0n) is 9.94. The monoisotopic (exact) mass is 304 g/mol. The molecule has 0 amide bonds. The van der Waals surface area contributed by atoms with Gasteiger partial charge < -0.3 is 14.2 Å². The molecule has 1 aliphatic rings. The molecule has 2 rings (SSSR count). The third-order valence-electron chi connectivity index (χ3n) is 2.48. The molecule has 19 heavy (non-hydrogen) atoms. The number of carbonyl (C=O) groups is 2. The first kappa shape index (κ1) is 14.0. The topological polar surface area (TPSA) is 61.8 Å². The lowest BCUT2D eigenvalue weighted by Crippen LogP contribution is -2.38. The van der Waals surface area contributed by atoms with Crippen molar-refractivity contribution in [3.8, 4) is 11.5 Å². The molecule has 0 saturated heterocycles. The standard InChI is InChI=1S/C12H10Cl2O5/c1-2-17-12(16)8-5-18-10-6(4-15)3-7(13)9(14)11(10)19-8/h3-4,8H,2,5H2,1H3. The van der Waals surface area contributed by atoms with Crippen LogP contribution in [0.15, 0.2) is 6.07 Å². The molecule has 0 aromatic heterocycles. The Hall–Kier alpha value is -1.46. The van der Waals surface area contributed by atoms with Gasteiger partial charge >= 0.3 is 5.97 Å². The van der Waals surface area contributed by atoms with E-state index in [0.29, 0.717) is 6.29 Å². The van der Waals surface area contributed by atoms with Crippen molar-refractivity contribution in [1.29, 1.82) is 0 Å². The second-order valence-electron chi connectivity index (χ2n) is 3.71. The van der Waals surface area contributed by atoms with Gasteiger partial charge in [0.2, 0.25) is 6.10 Å². The van der Waals surface area contributed by atoms with Crippen LogP contribution in [0, 0.1) is 0 Å². The van der Waals surface area contributed by atoms with Crippen LogP contribution < -0.4 is 9.47 Å². The smallest absolute Gasteiger partial charge is 0.350 e. The molecule has 0 bridgehead atoms. The minimum atomic E-state index is -0.928. The number of benzene rings is 1. The van der Waals surface area contributed by atoms with Gasteiger partial charge in [0, 0.05) is 0 Å². The average molecular weight is 305 g/mol. The van der Waals surface area contributed by atoms with Gasteiger partial charge in [-0.3, -0.25) is 4.79 Å². The molecule has 5 nitrogen and oxygen atoms in total. The van der Waals surface area contributed by atoms with Gasteiger partial charge in [-0.25, -0.2) is 4.79 Å². The highest BCUT2D eigenvalue weighted by molar-refractivity contribution is 6.43. The van der Waals surface area contributed by atoms with Gasteiger partial charge in [-0.2, -0.15) is 0 Å². The largest absolute Gasteiger partial charge is 0.484 e. The highest BCUT2D eigenvalue weighted by Gasteiger charge is 2.32. The van der Waals surface area contributed by atoms with E-state index < -0.39 is 12.1 Å². The van der Waals surface area contributed by atoms with Crippen molar-refractivity contribution in [1.82, 2.24) is 0 Å². The molecule has 1 aliphatic heterocycles. The first-order valence-electron chi connectivity index (χ1n) is 5.51. The van der Waals surface area contributed by atoms with E-state index in [1.54, 1.807) is 6.92 Å². The van der Waals surface area contributed by atoms with Crippen molar-refractivity contribution in [2.45, 2.75) is 13.0 Å². The molecule has 1 unspecified atom stereocenters. The summed E-state index contributed by atoms with van der Waals surface area (Å²) in [6, 6.07) is 1.38. The van der Waals surface area contributed by atoms with Crippen molar-refractivity contribution < 1.29 is 23.8 Å². The molecule has 0 N–H and O–H groups in total. The third kappa shape index (κ3) is 2.62. The molecule has 0 fully saturated rings. The molecular formula is C12H10Cl2O5. The number of halogens is 2. The number of esters is 1. The molecule has 0 radical (unpaired) electrons. The number of fused-ring (bicyclic) bond motifs is 1. The Bertz CT molecular complexity index is 529. The molecule has 0 saturated carbocycles. The zero-order chi connectivity index (χ0) is 14.0. The summed E-state index contributed by atoms with van der Waals surface area (Å²) in [5.74, 6) is -0.289. The zero-order valence-corrected chi connectivity index (χ0v) is 11.5. The molecule has 102 valence electrons. The van der Waals surface area contributed by atoms with E-state index in [1.165, 1.54) is 6.07 Å². The summed E-state index contributed by atoms with van der Waals surface area (Å²) in [5.41, 5.74) is 0.215. The fourth-order valence-corrected chi connectivity index (χ4v) is 2.02. The number of carbonyl (C=O) groups excluding carboxylic acids is 2. The van der Waals surface area contributed by atoms with Gasteiger partial charge in [-0.1, -0.05) is 23.2 Å². The maximum Gasteiger partial charge on any atom is 0.350 e. The second kappa shape index (κ2) is 5.67. The normalized spacial score (nSPS) is 16.9. The first-order chi connectivity index (χ1) is 9.08. The number of aldehydes is 1. The van der Waals surface area contributed by atoms with Crippen LogP contribution in [0.2, 0.25) is 10.0 Å². The maximum absolute atomic E-state index is 11.6. The lowest BCUT2D eigenvalue weighted by atomic mass is 10.2. The summed E-state index contributed by atoms with van der Waals surface area (Å²) in [6.07, 6.45) is -0.349. The highest BCUT2D eigenvalue weighted by Crippen LogP contribution is 2.44. The summed E-state index contributed by atoms with van der Waals surface area (Å²) < 4.78 is 15.6. The number of hydrogen-bond donors (Lipinski definition) is 0. The van der Waals surface area contributed by atoms with Crippen molar-refractivity contribution in [2.75, 3.05) is 13.2 Å². The van der Waals surface area contributed by atoms with E-state index in [9.17, 15) is 9.59 Å². The van der Waals surface area contributed by atoms with Crippen molar-refractivity contribution in [2.24, 2.45) is 0 Å². The molecule has 7 heteroatoms. The fraction of sp³-hybridized carbons (Fsp3) is 0.333. The van der Waals surface area contributed by atoms with Gasteiger partial charge in [0.05, 0.1) is 17.2 Å². The van der Waals surface area contributed by atoms with Gasteiger partial charge in [0.15, 0.2) is 17.8 Å². The molecule has 1 atom stereocenters. The molecule has 1 aromatic rings. The van der Waals surface area contributed by atoms with Crippen LogP contribution in [0.1, 0.15) is 17.3 Å². The minimum Gasteiger partial charge on any atom is -0.484 e. The van der Waals surface area contributed by atoms with E-state index in [4.69, 9.17) is 37.4 Å². The van der Waals surface area contributed by atoms with Crippen LogP contribution in [0.4, 0.5) is 0 Å². The molecule has 1 heterocycles. The van der Waals surface area contributed by atoms with Crippen LogP contribution in [0.25, 0.3) is 0 Å². The summed E-state index contributed by atoms with van der Waals surface area (Å²) in [5, 5.41) is 0.242. The SMILES string of the molecule is CCOC(=O)C1COc2c(C=O)cc(Cl)c(Cl)c2O1. The van der Waals surface area contributed by atoms with E-state index in [2.05, 4.69) is 0 Å². The van der Waals surface area contributed by atoms with Crippen LogP contribution in [0.5, 0.6) is 11.5 Å². The Morgan fingerprint density at radius 2 is 2.26 bits per heavy atom. The Balaban J connectivity index is 2.36. The van der Waals surface area contributed by atoms with Gasteiger partial charge in [0.25, 0.3) is 0 Å². The lowest BCUT2D eigenvalue weighted by Gasteiger charge is -2.26. The summed E-state index contributed by atoms with van der Waals surface area (Å²) in [7, 11) is 0. The lowest BCUT2D eigenvalue weighted by molar-refractivity contribution is -0.153. The molecule has 1 aromatic carbocycles. The number of ether oxygens (including phenoxy) is 3. The van der Waals surface area contributed by atoms with Gasteiger partial charge in [-0.15, -0.1) is 0 Å². The Morgan fingerprint density at radius 3 is 2.89 bits per heavy atom. The number of hydrogen-bond acceptors (Lipinski definition) is 5. The van der Waals surface area contributed by atoms with Crippen molar-refractivity contribution in [3.05, 3.63) is 21.7 Å². The van der Waals surface area contributed by atoms with Gasteiger partial charge in [-0.05, 0) is 13.0 Å². The van der Waals surface area contributed by atoms with Crippen molar-refractivity contribution in [3.63, 3.8) is 0 Å². The minimum absolute atomic E-state index is 0.0510. The Morgan fingerprint density at radius 1 is 1.53 bits per heavy atom. The van der Waals surface area contributed by atoms with E-state index >= 15 is 0 Å². The van der Waals surface area contributed by atoms with E-state index in [-0.39, 0.29) is 40.3 Å². The highest BCUT2D eigenvalue weighted by atomic mass is 35.5. The first-order valence-corrected chi connectivity index (χ1v) is 6.27. The quantitative estimate of drug-likeness (QED) is 0.634. The second-order valence-corrected chi connectivity index (χ2v) is 4.49. The average Bonchev–Trinajstić information content (AvgIpc) is 2.42. The molecule has 0 aliphatic carbocycles. The summed E-state index contributed by atoms with van der Waals surface area (Å²) in [4.78, 5) is 22.5. The van der Waals surface area contributed by atoms with E-state index in [0.717, 1.165) is 0 Å². The van der Waals surface area contributed by atoms with E-state index in [1.807, 2.05) is 0 Å². The Labute approximate surface area is 119 Å². The van der Waals surface area contributed by atoms with Crippen LogP contribution >= 0.6 is 23.2 Å². The number of rotatable bonds is 3. The Kier molecular flexibility index (Phi) is 4.17. The van der Waals surface area contributed by atoms with Crippen LogP contribution in [-0.2, 0) is 9.53 Å². The predicted molar refractivity (Wildman–Crippen MR) is 68.4 cm³/mol. The van der Waals surface area contributed by atoms with Crippen molar-refractivity contribution >= 4 is 35.5 Å². The summed E-state index contributed by atoms with van der Waals surface area (Å²) >= 11 is 11.9. The third-order valence-corrected chi connectivity index (χ3v) is 3.25. The van der Waals surface area contributed by atoms with Crippen LogP contribution in [0.3, 0.4) is 0 Å². The predicted octanol–water partition coefficient (Wildman–Crippen LogP) is 2.51. The fourth-order valence-electron chi connectivity index (χ4n) is 1.63. The molecular weight excluding hydrogens is 295 g/mol. The van der Waals surface area contributed by atoms with Crippen LogP contribution in [-0.4, -0.2) is 31.6 Å². The maximum atomic E-state index is 11.6. The van der Waals surface area contributed by atoms with Gasteiger partial charge in [0.1, 0.15) is 11.6 Å².